The molecule has 1 unspecified atom stereocenters. The van der Waals surface area contributed by atoms with Crippen LogP contribution in [0.5, 0.6) is 0 Å². The minimum absolute atomic E-state index is 0.0282. The zero-order chi connectivity index (χ0) is 20.4. The molecule has 0 heterocycles. The predicted octanol–water partition coefficient (Wildman–Crippen LogP) is 3.40. The molecule has 6 heteroatoms. The molecule has 154 valence electrons. The highest BCUT2D eigenvalue weighted by atomic mass is 16.5. The molecule has 6 nitrogen and oxygen atoms in total. The minimum Gasteiger partial charge on any atom is -0.375 e. The van der Waals surface area contributed by atoms with E-state index in [0.717, 1.165) is 32.1 Å². The molecule has 0 rings (SSSR count). The molecule has 0 aliphatic carbocycles. The third-order valence-corrected chi connectivity index (χ3v) is 4.58. The lowest BCUT2D eigenvalue weighted by molar-refractivity contribution is -0.126. The van der Waals surface area contributed by atoms with Crippen molar-refractivity contribution in [2.45, 2.75) is 91.7 Å². The van der Waals surface area contributed by atoms with Crippen LogP contribution in [-0.4, -0.2) is 36.2 Å². The van der Waals surface area contributed by atoms with Gasteiger partial charge in [0.15, 0.2) is 5.96 Å². The molecule has 0 aliphatic rings. The van der Waals surface area contributed by atoms with Gasteiger partial charge in [-0.05, 0) is 65.7 Å². The Hall–Kier alpha value is -1.30. The lowest BCUT2D eigenvalue weighted by Gasteiger charge is -2.31. The van der Waals surface area contributed by atoms with Crippen LogP contribution in [0.15, 0.2) is 0 Å². The Balaban J connectivity index is 4.18. The molecule has 5 N–H and O–H groups in total. The van der Waals surface area contributed by atoms with Crippen LogP contribution in [0, 0.1) is 17.2 Å². The summed E-state index contributed by atoms with van der Waals surface area (Å²) in [6.07, 6.45) is 4.55. The normalized spacial score (nSPS) is 13.5. The van der Waals surface area contributed by atoms with Crippen LogP contribution >= 0.6 is 0 Å². The van der Waals surface area contributed by atoms with E-state index >= 15 is 0 Å². The van der Waals surface area contributed by atoms with E-state index in [1.54, 1.807) is 0 Å². The van der Waals surface area contributed by atoms with Crippen LogP contribution in [-0.2, 0) is 9.53 Å². The standard InChI is InChI=1S/C20H42N4O2/c1-15(2)10-11-20(6,7)26-14-12-19(4,5)24-17(25)16(3)9-8-13-23-18(21)22/h15-16H,8-14H2,1-7H3,(H,24,25)(H4,21,22,23). The third-order valence-electron chi connectivity index (χ3n) is 4.58. The first-order valence-corrected chi connectivity index (χ1v) is 9.88. The maximum atomic E-state index is 12.4. The van der Waals surface area contributed by atoms with Crippen LogP contribution in [0.4, 0.5) is 0 Å². The Labute approximate surface area is 160 Å². The summed E-state index contributed by atoms with van der Waals surface area (Å²) in [4.78, 5) is 12.4. The molecule has 0 saturated heterocycles. The van der Waals surface area contributed by atoms with Crippen molar-refractivity contribution in [3.05, 3.63) is 0 Å². The lowest BCUT2D eigenvalue weighted by atomic mass is 9.96. The van der Waals surface area contributed by atoms with Gasteiger partial charge in [-0.1, -0.05) is 20.8 Å². The van der Waals surface area contributed by atoms with E-state index in [2.05, 4.69) is 38.3 Å². The second-order valence-corrected chi connectivity index (χ2v) is 9.05. The van der Waals surface area contributed by atoms with Crippen LogP contribution in [0.25, 0.3) is 0 Å². The van der Waals surface area contributed by atoms with Gasteiger partial charge in [0, 0.05) is 24.6 Å². The average Bonchev–Trinajstić information content (AvgIpc) is 2.48. The Bertz CT molecular complexity index is 434. The van der Waals surface area contributed by atoms with Crippen molar-refractivity contribution in [3.63, 3.8) is 0 Å². The number of amides is 1. The number of guanidine groups is 1. The number of ether oxygens (including phenoxy) is 1. The third kappa shape index (κ3) is 13.0. The highest BCUT2D eigenvalue weighted by molar-refractivity contribution is 5.79. The summed E-state index contributed by atoms with van der Waals surface area (Å²) in [5.74, 6) is 0.656. The second kappa shape index (κ2) is 11.4. The molecule has 0 aromatic carbocycles. The molecule has 0 aromatic rings. The Kier molecular flexibility index (Phi) is 10.8. The summed E-state index contributed by atoms with van der Waals surface area (Å²) >= 11 is 0. The van der Waals surface area contributed by atoms with E-state index in [0.29, 0.717) is 19.1 Å². The first-order chi connectivity index (χ1) is 11.8. The van der Waals surface area contributed by atoms with E-state index in [-0.39, 0.29) is 28.9 Å². The average molecular weight is 371 g/mol. The molecule has 0 fully saturated rings. The molecule has 26 heavy (non-hydrogen) atoms. The van der Waals surface area contributed by atoms with Gasteiger partial charge in [-0.3, -0.25) is 10.2 Å². The van der Waals surface area contributed by atoms with Crippen LogP contribution < -0.4 is 16.4 Å². The minimum atomic E-state index is -0.295. The predicted molar refractivity (Wildman–Crippen MR) is 109 cm³/mol. The number of carbonyl (C=O) groups is 1. The highest BCUT2D eigenvalue weighted by Gasteiger charge is 2.25. The SMILES string of the molecule is CC(C)CCC(C)(C)OCCC(C)(C)NC(=O)C(C)CCCNC(=N)N. The first-order valence-electron chi connectivity index (χ1n) is 9.88. The fourth-order valence-corrected chi connectivity index (χ4v) is 2.57. The van der Waals surface area contributed by atoms with E-state index in [9.17, 15) is 4.79 Å². The summed E-state index contributed by atoms with van der Waals surface area (Å²) in [5, 5.41) is 13.0. The van der Waals surface area contributed by atoms with Gasteiger partial charge in [0.2, 0.25) is 5.91 Å². The van der Waals surface area contributed by atoms with Gasteiger partial charge in [0.05, 0.1) is 5.60 Å². The quantitative estimate of drug-likeness (QED) is 0.227. The van der Waals surface area contributed by atoms with Crippen molar-refractivity contribution >= 4 is 11.9 Å². The van der Waals surface area contributed by atoms with Crippen LogP contribution in [0.3, 0.4) is 0 Å². The molecule has 1 amide bonds. The fourth-order valence-electron chi connectivity index (χ4n) is 2.57. The second-order valence-electron chi connectivity index (χ2n) is 9.05. The van der Waals surface area contributed by atoms with Crippen LogP contribution in [0.2, 0.25) is 0 Å². The summed E-state index contributed by atoms with van der Waals surface area (Å²) < 4.78 is 6.07. The number of hydrogen-bond donors (Lipinski definition) is 4. The van der Waals surface area contributed by atoms with Gasteiger partial charge in [-0.2, -0.15) is 0 Å². The van der Waals surface area contributed by atoms with Crippen molar-refractivity contribution in [3.8, 4) is 0 Å². The molecule has 0 spiro atoms. The molecule has 0 saturated carbocycles. The largest absolute Gasteiger partial charge is 0.375 e. The van der Waals surface area contributed by atoms with Gasteiger partial charge in [-0.25, -0.2) is 0 Å². The summed E-state index contributed by atoms with van der Waals surface area (Å²) in [5.41, 5.74) is 4.83. The van der Waals surface area contributed by atoms with Gasteiger partial charge in [0.25, 0.3) is 0 Å². The fraction of sp³-hybridized carbons (Fsp3) is 0.900. The molecule has 0 aliphatic heterocycles. The molecule has 1 atom stereocenters. The Morgan fingerprint density at radius 2 is 1.73 bits per heavy atom. The topological polar surface area (TPSA) is 100 Å². The maximum Gasteiger partial charge on any atom is 0.223 e. The smallest absolute Gasteiger partial charge is 0.223 e. The van der Waals surface area contributed by atoms with Crippen molar-refractivity contribution in [1.82, 2.24) is 10.6 Å². The number of nitrogens with two attached hydrogens (primary N) is 1. The molecule has 0 radical (unpaired) electrons. The zero-order valence-electron chi connectivity index (χ0n) is 18.0. The number of nitrogens with one attached hydrogen (secondary N) is 3. The number of hydrogen-bond acceptors (Lipinski definition) is 3. The maximum absolute atomic E-state index is 12.4. The van der Waals surface area contributed by atoms with Crippen LogP contribution in [0.1, 0.15) is 80.6 Å². The van der Waals surface area contributed by atoms with Gasteiger partial charge in [-0.15, -0.1) is 0 Å². The Morgan fingerprint density at radius 3 is 2.27 bits per heavy atom. The van der Waals surface area contributed by atoms with Crippen molar-refractivity contribution in [2.75, 3.05) is 13.2 Å². The van der Waals surface area contributed by atoms with E-state index in [1.807, 2.05) is 20.8 Å². The lowest BCUT2D eigenvalue weighted by Crippen LogP contribution is -2.46. The van der Waals surface area contributed by atoms with Gasteiger partial charge in [0.1, 0.15) is 0 Å². The summed E-state index contributed by atoms with van der Waals surface area (Å²) in [7, 11) is 0. The van der Waals surface area contributed by atoms with Crippen molar-refractivity contribution in [1.29, 1.82) is 5.41 Å². The van der Waals surface area contributed by atoms with E-state index < -0.39 is 0 Å². The highest BCUT2D eigenvalue weighted by Crippen LogP contribution is 2.21. The van der Waals surface area contributed by atoms with Gasteiger partial charge < -0.3 is 21.1 Å². The Morgan fingerprint density at radius 1 is 1.12 bits per heavy atom. The molecule has 0 bridgehead atoms. The van der Waals surface area contributed by atoms with E-state index in [1.165, 1.54) is 0 Å². The number of rotatable bonds is 13. The molecule has 0 aromatic heterocycles. The summed E-state index contributed by atoms with van der Waals surface area (Å²) in [6, 6.07) is 0. The monoisotopic (exact) mass is 370 g/mol. The van der Waals surface area contributed by atoms with Crippen molar-refractivity contribution in [2.24, 2.45) is 17.6 Å². The van der Waals surface area contributed by atoms with E-state index in [4.69, 9.17) is 15.9 Å². The first kappa shape index (κ1) is 24.7. The van der Waals surface area contributed by atoms with Gasteiger partial charge >= 0.3 is 0 Å². The zero-order valence-corrected chi connectivity index (χ0v) is 18.0. The van der Waals surface area contributed by atoms with Crippen molar-refractivity contribution < 1.29 is 9.53 Å². The summed E-state index contributed by atoms with van der Waals surface area (Å²) in [6.45, 7) is 16.0. The number of carbonyl (C=O) groups excluding carboxylic acids is 1. The molecular formula is C20H42N4O2. The molecular weight excluding hydrogens is 328 g/mol.